The van der Waals surface area contributed by atoms with Gasteiger partial charge in [-0.25, -0.2) is 4.79 Å². The van der Waals surface area contributed by atoms with Crippen LogP contribution in [0.2, 0.25) is 0 Å². The fourth-order valence-electron chi connectivity index (χ4n) is 2.06. The molecule has 0 saturated carbocycles. The third-order valence-corrected chi connectivity index (χ3v) is 5.68. The molecule has 1 amide bonds. The lowest BCUT2D eigenvalue weighted by molar-refractivity contribution is -0.0162. The second-order valence-electron chi connectivity index (χ2n) is 6.30. The summed E-state index contributed by atoms with van der Waals surface area (Å²) in [5.41, 5.74) is -0.669. The largest absolute Gasteiger partial charge is 0.444 e. The minimum atomic E-state index is -0.444. The highest BCUT2D eigenvalue weighted by Gasteiger charge is 2.39. The third kappa shape index (κ3) is 4.95. The molecule has 110 valence electrons. The van der Waals surface area contributed by atoms with E-state index in [1.165, 1.54) is 3.70 Å². The molecule has 19 heavy (non-hydrogen) atoms. The molecule has 0 radical (unpaired) electrons. The zero-order valence-corrected chi connectivity index (χ0v) is 16.5. The summed E-state index contributed by atoms with van der Waals surface area (Å²) >= 11 is 4.58. The first-order valence-corrected chi connectivity index (χ1v) is 8.61. The van der Waals surface area contributed by atoms with Crippen LogP contribution in [-0.2, 0) is 4.74 Å². The van der Waals surface area contributed by atoms with Crippen molar-refractivity contribution >= 4 is 51.3 Å². The van der Waals surface area contributed by atoms with Gasteiger partial charge in [0.25, 0.3) is 0 Å². The van der Waals surface area contributed by atoms with Crippen LogP contribution in [0.4, 0.5) is 4.79 Å². The summed E-state index contributed by atoms with van der Waals surface area (Å²) in [5, 5.41) is 0. The summed E-state index contributed by atoms with van der Waals surface area (Å²) in [6.07, 6.45) is -0.217. The van der Waals surface area contributed by atoms with Crippen molar-refractivity contribution in [2.75, 3.05) is 19.6 Å². The topological polar surface area (TPSA) is 32.8 Å². The van der Waals surface area contributed by atoms with Gasteiger partial charge in [-0.3, -0.25) is 4.90 Å². The summed E-state index contributed by atoms with van der Waals surface area (Å²) in [6, 6.07) is 0. The van der Waals surface area contributed by atoms with Crippen LogP contribution >= 0.6 is 45.2 Å². The van der Waals surface area contributed by atoms with Gasteiger partial charge >= 0.3 is 6.09 Å². The van der Waals surface area contributed by atoms with Crippen LogP contribution in [0, 0.1) is 0 Å². The van der Waals surface area contributed by atoms with Crippen molar-refractivity contribution in [3.05, 3.63) is 7.79 Å². The Balaban J connectivity index is 2.77. The molecule has 1 rings (SSSR count). The molecule has 0 aromatic heterocycles. The number of hydrogen-bond acceptors (Lipinski definition) is 3. The van der Waals surface area contributed by atoms with E-state index in [1.54, 1.807) is 0 Å². The molecule has 0 spiro atoms. The van der Waals surface area contributed by atoms with Gasteiger partial charge in [0.2, 0.25) is 0 Å². The molecule has 1 aliphatic rings. The number of halogens is 2. The zero-order valence-electron chi connectivity index (χ0n) is 12.2. The Morgan fingerprint density at radius 3 is 2.32 bits per heavy atom. The van der Waals surface area contributed by atoms with Crippen LogP contribution in [0.1, 0.15) is 34.6 Å². The van der Waals surface area contributed by atoms with Crippen molar-refractivity contribution in [3.8, 4) is 0 Å². The van der Waals surface area contributed by atoms with Crippen LogP contribution in [0.15, 0.2) is 7.79 Å². The minimum Gasteiger partial charge on any atom is -0.444 e. The SMILES string of the molecule is CC(C)(C)OC(=O)N1CCN(/C(I)=C/I)CC1(C)C. The van der Waals surface area contributed by atoms with Gasteiger partial charge in [0.05, 0.1) is 9.24 Å². The number of piperazine rings is 1. The van der Waals surface area contributed by atoms with Gasteiger partial charge in [-0.05, 0) is 57.2 Å². The second-order valence-corrected chi connectivity index (χ2v) is 8.03. The van der Waals surface area contributed by atoms with Crippen molar-refractivity contribution in [2.24, 2.45) is 0 Å². The maximum Gasteiger partial charge on any atom is 0.410 e. The van der Waals surface area contributed by atoms with Gasteiger partial charge in [-0.15, -0.1) is 0 Å². The molecular formula is C13H22I2N2O2. The smallest absolute Gasteiger partial charge is 0.410 e. The maximum absolute atomic E-state index is 12.2. The van der Waals surface area contributed by atoms with E-state index < -0.39 is 5.60 Å². The highest BCUT2D eigenvalue weighted by molar-refractivity contribution is 14.1. The molecular weight excluding hydrogens is 470 g/mol. The van der Waals surface area contributed by atoms with E-state index in [1.807, 2.05) is 25.7 Å². The monoisotopic (exact) mass is 492 g/mol. The van der Waals surface area contributed by atoms with Crippen LogP contribution < -0.4 is 0 Å². The fraction of sp³-hybridized carbons (Fsp3) is 0.769. The molecule has 4 nitrogen and oxygen atoms in total. The Morgan fingerprint density at radius 1 is 1.32 bits per heavy atom. The number of ether oxygens (including phenoxy) is 1. The van der Waals surface area contributed by atoms with Gasteiger partial charge in [0.1, 0.15) is 5.60 Å². The minimum absolute atomic E-state index is 0.217. The standard InChI is InChI=1S/C13H22I2N2O2/c1-12(2,3)19-11(18)17-7-6-16(10(15)8-14)9-13(17,4)5/h8H,6-7,9H2,1-5H3/b10-8+. The lowest BCUT2D eigenvalue weighted by atomic mass is 10.00. The van der Waals surface area contributed by atoms with Gasteiger partial charge in [0.15, 0.2) is 0 Å². The second kappa shape index (κ2) is 6.36. The average molecular weight is 492 g/mol. The Labute approximate surface area is 143 Å². The molecule has 0 unspecified atom stereocenters. The van der Waals surface area contributed by atoms with Gasteiger partial charge in [-0.2, -0.15) is 0 Å². The van der Waals surface area contributed by atoms with Crippen LogP contribution in [0.3, 0.4) is 0 Å². The lowest BCUT2D eigenvalue weighted by Crippen LogP contribution is -2.61. The molecule has 0 aromatic carbocycles. The summed E-state index contributed by atoms with van der Waals surface area (Å²) in [5.74, 6) is 0. The van der Waals surface area contributed by atoms with Gasteiger partial charge in [0, 0.05) is 23.7 Å². The molecule has 0 aliphatic carbocycles. The molecule has 0 aromatic rings. The zero-order chi connectivity index (χ0) is 14.8. The van der Waals surface area contributed by atoms with E-state index in [4.69, 9.17) is 4.74 Å². The highest BCUT2D eigenvalue weighted by atomic mass is 127. The molecule has 1 saturated heterocycles. The number of carbonyl (C=O) groups excluding carboxylic acids is 1. The van der Waals surface area contributed by atoms with Crippen LogP contribution in [-0.4, -0.2) is 46.7 Å². The Bertz CT molecular complexity index is 375. The van der Waals surface area contributed by atoms with Crippen molar-refractivity contribution < 1.29 is 9.53 Å². The van der Waals surface area contributed by atoms with E-state index in [9.17, 15) is 4.79 Å². The van der Waals surface area contributed by atoms with Crippen LogP contribution in [0.25, 0.3) is 0 Å². The molecule has 1 fully saturated rings. The Morgan fingerprint density at radius 2 is 1.89 bits per heavy atom. The predicted molar refractivity (Wildman–Crippen MR) is 94.7 cm³/mol. The first kappa shape index (κ1) is 17.3. The summed E-state index contributed by atoms with van der Waals surface area (Å²) in [4.78, 5) is 16.4. The van der Waals surface area contributed by atoms with E-state index in [-0.39, 0.29) is 11.6 Å². The van der Waals surface area contributed by atoms with Crippen LogP contribution in [0.5, 0.6) is 0 Å². The Kier molecular flexibility index (Phi) is 5.80. The van der Waals surface area contributed by atoms with Gasteiger partial charge < -0.3 is 9.64 Å². The van der Waals surface area contributed by atoms with Crippen molar-refractivity contribution in [3.63, 3.8) is 0 Å². The average Bonchev–Trinajstić information content (AvgIpc) is 2.23. The number of amides is 1. The number of carbonyl (C=O) groups is 1. The first-order chi connectivity index (χ1) is 8.57. The van der Waals surface area contributed by atoms with E-state index in [0.717, 1.165) is 13.1 Å². The fourth-order valence-corrected chi connectivity index (χ4v) is 2.87. The van der Waals surface area contributed by atoms with Crippen molar-refractivity contribution in [1.29, 1.82) is 0 Å². The van der Waals surface area contributed by atoms with Crippen molar-refractivity contribution in [1.82, 2.24) is 9.80 Å². The lowest BCUT2D eigenvalue weighted by Gasteiger charge is -2.47. The third-order valence-electron chi connectivity index (χ3n) is 2.91. The predicted octanol–water partition coefficient (Wildman–Crippen LogP) is 3.99. The first-order valence-electron chi connectivity index (χ1n) is 6.28. The summed E-state index contributed by atoms with van der Waals surface area (Å²) < 4.78 is 8.77. The highest BCUT2D eigenvalue weighted by Crippen LogP contribution is 2.28. The van der Waals surface area contributed by atoms with E-state index in [2.05, 4.69) is 68.0 Å². The number of hydrogen-bond donors (Lipinski definition) is 0. The summed E-state index contributed by atoms with van der Waals surface area (Å²) in [7, 11) is 0. The molecule has 0 atom stereocenters. The molecule has 0 bridgehead atoms. The molecule has 6 heteroatoms. The van der Waals surface area contributed by atoms with E-state index in [0.29, 0.717) is 6.54 Å². The maximum atomic E-state index is 12.2. The van der Waals surface area contributed by atoms with Crippen molar-refractivity contribution in [2.45, 2.75) is 45.8 Å². The molecule has 1 heterocycles. The van der Waals surface area contributed by atoms with Gasteiger partial charge in [-0.1, -0.05) is 22.6 Å². The Hall–Kier alpha value is 0.270. The number of rotatable bonds is 1. The normalized spacial score (nSPS) is 20.5. The molecule has 0 N–H and O–H groups in total. The number of nitrogens with zero attached hydrogens (tertiary/aromatic N) is 2. The van der Waals surface area contributed by atoms with E-state index >= 15 is 0 Å². The summed E-state index contributed by atoms with van der Waals surface area (Å²) in [6.45, 7) is 12.2. The quantitative estimate of drug-likeness (QED) is 0.410. The molecule has 1 aliphatic heterocycles.